The maximum atomic E-state index is 5.15. The molecule has 0 aliphatic carbocycles. The molecule has 0 radical (unpaired) electrons. The van der Waals surface area contributed by atoms with Gasteiger partial charge in [-0.3, -0.25) is 0 Å². The number of hydrogen-bond acceptors (Lipinski definition) is 5. The Balaban J connectivity index is 2.53. The third-order valence-corrected chi connectivity index (χ3v) is 3.41. The molecule has 0 spiro atoms. The molecule has 7 heteroatoms. The molecule has 0 saturated carbocycles. The summed E-state index contributed by atoms with van der Waals surface area (Å²) in [5, 5.41) is 0. The number of rotatable bonds is 3. The summed E-state index contributed by atoms with van der Waals surface area (Å²) in [4.78, 5) is 15.5. The molecule has 1 N–H and O–H groups in total. The standard InChI is InChI=1S/C10H9BrN4OS/c1-16-5-6-7(11)10(17)15-9(14-6)8-12-3-2-4-13-8/h2-4H,5H2,1H3,(H,14,15,17). The van der Waals surface area contributed by atoms with Crippen LogP contribution in [0, 0.1) is 4.64 Å². The molecule has 2 aromatic heterocycles. The third-order valence-electron chi connectivity index (χ3n) is 2.00. The minimum Gasteiger partial charge on any atom is -0.378 e. The van der Waals surface area contributed by atoms with Crippen molar-refractivity contribution in [2.45, 2.75) is 6.61 Å². The molecule has 2 rings (SSSR count). The molecular weight excluding hydrogens is 304 g/mol. The maximum absolute atomic E-state index is 5.15. The SMILES string of the molecule is COCc1[nH]c(-c2ncccn2)nc(=S)c1Br. The predicted molar refractivity (Wildman–Crippen MR) is 68.9 cm³/mol. The Labute approximate surface area is 111 Å². The van der Waals surface area contributed by atoms with Gasteiger partial charge in [0.1, 0.15) is 4.64 Å². The lowest BCUT2D eigenvalue weighted by Gasteiger charge is -2.06. The van der Waals surface area contributed by atoms with Crippen LogP contribution >= 0.6 is 28.1 Å². The molecule has 5 nitrogen and oxygen atoms in total. The molecule has 0 unspecified atom stereocenters. The van der Waals surface area contributed by atoms with Crippen molar-refractivity contribution in [1.29, 1.82) is 0 Å². The Kier molecular flexibility index (Phi) is 3.93. The van der Waals surface area contributed by atoms with Crippen LogP contribution in [0.5, 0.6) is 0 Å². The fraction of sp³-hybridized carbons (Fsp3) is 0.200. The van der Waals surface area contributed by atoms with Gasteiger partial charge in [0.15, 0.2) is 11.6 Å². The third kappa shape index (κ3) is 2.74. The molecule has 0 fully saturated rings. The van der Waals surface area contributed by atoms with Crippen LogP contribution in [0.1, 0.15) is 5.69 Å². The topological polar surface area (TPSA) is 63.7 Å². The van der Waals surface area contributed by atoms with Crippen LogP contribution in [-0.2, 0) is 11.3 Å². The van der Waals surface area contributed by atoms with Gasteiger partial charge in [-0.2, -0.15) is 0 Å². The van der Waals surface area contributed by atoms with Crippen LogP contribution in [0.2, 0.25) is 0 Å². The van der Waals surface area contributed by atoms with E-state index in [0.29, 0.717) is 22.9 Å². The first kappa shape index (κ1) is 12.3. The summed E-state index contributed by atoms with van der Waals surface area (Å²) in [5.74, 6) is 1.04. The van der Waals surface area contributed by atoms with Crippen molar-refractivity contribution in [2.24, 2.45) is 0 Å². The van der Waals surface area contributed by atoms with E-state index in [1.807, 2.05) is 0 Å². The number of halogens is 1. The van der Waals surface area contributed by atoms with Crippen molar-refractivity contribution in [3.8, 4) is 11.6 Å². The minimum atomic E-state index is 0.409. The zero-order valence-corrected chi connectivity index (χ0v) is 11.4. The van der Waals surface area contributed by atoms with E-state index >= 15 is 0 Å². The van der Waals surface area contributed by atoms with Crippen molar-refractivity contribution in [3.63, 3.8) is 0 Å². The molecule has 2 aromatic rings. The number of aromatic nitrogens is 4. The van der Waals surface area contributed by atoms with Crippen molar-refractivity contribution in [3.05, 3.63) is 33.3 Å². The number of methoxy groups -OCH3 is 1. The molecule has 17 heavy (non-hydrogen) atoms. The maximum Gasteiger partial charge on any atom is 0.195 e. The summed E-state index contributed by atoms with van der Waals surface area (Å²) in [6, 6.07) is 1.74. The van der Waals surface area contributed by atoms with Gasteiger partial charge in [0.25, 0.3) is 0 Å². The van der Waals surface area contributed by atoms with Gasteiger partial charge < -0.3 is 9.72 Å². The Morgan fingerprint density at radius 1 is 1.41 bits per heavy atom. The summed E-state index contributed by atoms with van der Waals surface area (Å²) < 4.78 is 6.27. The van der Waals surface area contributed by atoms with Gasteiger partial charge in [-0.25, -0.2) is 15.0 Å². The second-order valence-electron chi connectivity index (χ2n) is 3.19. The molecule has 0 aromatic carbocycles. The number of ether oxygens (including phenoxy) is 1. The first-order valence-electron chi connectivity index (χ1n) is 4.77. The van der Waals surface area contributed by atoms with Crippen LogP contribution in [0.3, 0.4) is 0 Å². The van der Waals surface area contributed by atoms with Crippen molar-refractivity contribution in [1.82, 2.24) is 19.9 Å². The molecule has 0 bridgehead atoms. The normalized spacial score (nSPS) is 10.5. The smallest absolute Gasteiger partial charge is 0.195 e. The van der Waals surface area contributed by atoms with Gasteiger partial charge in [-0.1, -0.05) is 12.2 Å². The highest BCUT2D eigenvalue weighted by Gasteiger charge is 2.09. The first-order valence-corrected chi connectivity index (χ1v) is 5.97. The molecule has 0 atom stereocenters. The average molecular weight is 313 g/mol. The van der Waals surface area contributed by atoms with Crippen LogP contribution in [0.15, 0.2) is 22.9 Å². The lowest BCUT2D eigenvalue weighted by atomic mass is 10.4. The summed E-state index contributed by atoms with van der Waals surface area (Å²) in [6.45, 7) is 0.409. The predicted octanol–water partition coefficient (Wildman–Crippen LogP) is 2.51. The quantitative estimate of drug-likeness (QED) is 0.882. The highest BCUT2D eigenvalue weighted by Crippen LogP contribution is 2.19. The Bertz CT molecular complexity index is 572. The van der Waals surface area contributed by atoms with E-state index in [-0.39, 0.29) is 0 Å². The molecule has 0 aliphatic heterocycles. The first-order chi connectivity index (χ1) is 8.22. The average Bonchev–Trinajstić information content (AvgIpc) is 2.36. The van der Waals surface area contributed by atoms with Crippen LogP contribution in [0.4, 0.5) is 0 Å². The summed E-state index contributed by atoms with van der Waals surface area (Å²) in [7, 11) is 1.61. The van der Waals surface area contributed by atoms with Crippen molar-refractivity contribution >= 4 is 28.1 Å². The zero-order valence-electron chi connectivity index (χ0n) is 8.98. The number of H-pyrrole nitrogens is 1. The zero-order chi connectivity index (χ0) is 12.3. The van der Waals surface area contributed by atoms with Crippen LogP contribution in [0.25, 0.3) is 11.6 Å². The van der Waals surface area contributed by atoms with Crippen LogP contribution in [-0.4, -0.2) is 27.0 Å². The number of nitrogens with one attached hydrogen (secondary N) is 1. The monoisotopic (exact) mass is 312 g/mol. The molecule has 0 aliphatic rings. The summed E-state index contributed by atoms with van der Waals surface area (Å²) in [5.41, 5.74) is 0.815. The number of hydrogen-bond donors (Lipinski definition) is 1. The van der Waals surface area contributed by atoms with Gasteiger partial charge in [-0.05, 0) is 22.0 Å². The second kappa shape index (κ2) is 5.44. The lowest BCUT2D eigenvalue weighted by molar-refractivity contribution is 0.181. The van der Waals surface area contributed by atoms with E-state index in [2.05, 4.69) is 35.9 Å². The van der Waals surface area contributed by atoms with E-state index in [1.54, 1.807) is 25.6 Å². The van der Waals surface area contributed by atoms with Crippen LogP contribution < -0.4 is 0 Å². The largest absolute Gasteiger partial charge is 0.378 e. The van der Waals surface area contributed by atoms with Gasteiger partial charge >= 0.3 is 0 Å². The van der Waals surface area contributed by atoms with Gasteiger partial charge in [-0.15, -0.1) is 0 Å². The Morgan fingerprint density at radius 3 is 2.76 bits per heavy atom. The number of aromatic amines is 1. The summed E-state index contributed by atoms with van der Waals surface area (Å²) in [6.07, 6.45) is 3.30. The Morgan fingerprint density at radius 2 is 2.12 bits per heavy atom. The van der Waals surface area contributed by atoms with Crippen molar-refractivity contribution in [2.75, 3.05) is 7.11 Å². The van der Waals surface area contributed by atoms with Crippen molar-refractivity contribution < 1.29 is 4.74 Å². The number of nitrogens with zero attached hydrogens (tertiary/aromatic N) is 3. The van der Waals surface area contributed by atoms with E-state index in [4.69, 9.17) is 17.0 Å². The lowest BCUT2D eigenvalue weighted by Crippen LogP contribution is -2.01. The van der Waals surface area contributed by atoms with Gasteiger partial charge in [0.2, 0.25) is 0 Å². The fourth-order valence-electron chi connectivity index (χ4n) is 1.28. The highest BCUT2D eigenvalue weighted by molar-refractivity contribution is 9.10. The second-order valence-corrected chi connectivity index (χ2v) is 4.37. The van der Waals surface area contributed by atoms with Gasteiger partial charge in [0, 0.05) is 19.5 Å². The van der Waals surface area contributed by atoms with E-state index in [1.165, 1.54) is 0 Å². The van der Waals surface area contributed by atoms with E-state index in [0.717, 1.165) is 10.2 Å². The molecule has 2 heterocycles. The van der Waals surface area contributed by atoms with E-state index in [9.17, 15) is 0 Å². The molecule has 88 valence electrons. The Hall–Kier alpha value is -1.18. The molecule has 0 saturated heterocycles. The fourth-order valence-corrected chi connectivity index (χ4v) is 1.79. The minimum absolute atomic E-state index is 0.409. The highest BCUT2D eigenvalue weighted by atomic mass is 79.9. The summed E-state index contributed by atoms with van der Waals surface area (Å²) >= 11 is 8.52. The van der Waals surface area contributed by atoms with Gasteiger partial charge in [0.05, 0.1) is 16.8 Å². The molecule has 0 amide bonds. The molecular formula is C10H9BrN4OS. The van der Waals surface area contributed by atoms with E-state index < -0.39 is 0 Å².